The molecule has 3 aromatic rings. The number of benzene rings is 1. The second-order valence-corrected chi connectivity index (χ2v) is 9.06. The summed E-state index contributed by atoms with van der Waals surface area (Å²) >= 11 is 1.48. The lowest BCUT2D eigenvalue weighted by Gasteiger charge is -2.30. The molecule has 0 spiro atoms. The molecule has 28 heavy (non-hydrogen) atoms. The van der Waals surface area contributed by atoms with Crippen LogP contribution in [0.15, 0.2) is 52.4 Å². The van der Waals surface area contributed by atoms with Crippen LogP contribution in [0.25, 0.3) is 10.7 Å². The van der Waals surface area contributed by atoms with Crippen LogP contribution < -0.4 is 4.31 Å². The first-order valence-corrected chi connectivity index (χ1v) is 11.2. The molecule has 0 unspecified atom stereocenters. The lowest BCUT2D eigenvalue weighted by molar-refractivity contribution is -0.131. The van der Waals surface area contributed by atoms with E-state index in [4.69, 9.17) is 4.52 Å². The standard InChI is InChI=1S/C18H20N4O4S2/c1-13(22(28(3,24)25)14-8-5-4-6-9-14)18(23)21(2)12-16-19-17(20-26-16)15-10-7-11-27-15/h4-11,13H,12H2,1-3H3/t13-/m1/s1. The maximum atomic E-state index is 12.9. The van der Waals surface area contributed by atoms with Crippen molar-refractivity contribution in [1.29, 1.82) is 0 Å². The van der Waals surface area contributed by atoms with Gasteiger partial charge in [0.05, 0.1) is 23.4 Å². The largest absolute Gasteiger partial charge is 0.337 e. The van der Waals surface area contributed by atoms with Gasteiger partial charge in [-0.05, 0) is 30.5 Å². The van der Waals surface area contributed by atoms with E-state index in [1.54, 1.807) is 44.3 Å². The van der Waals surface area contributed by atoms with E-state index in [9.17, 15) is 13.2 Å². The van der Waals surface area contributed by atoms with E-state index in [2.05, 4.69) is 10.1 Å². The predicted molar refractivity (Wildman–Crippen MR) is 107 cm³/mol. The summed E-state index contributed by atoms with van der Waals surface area (Å²) in [6, 6.07) is 11.4. The van der Waals surface area contributed by atoms with Gasteiger partial charge >= 0.3 is 0 Å². The fourth-order valence-corrected chi connectivity index (χ4v) is 4.62. The highest BCUT2D eigenvalue weighted by atomic mass is 32.2. The second-order valence-electron chi connectivity index (χ2n) is 6.25. The Bertz CT molecular complexity index is 1030. The van der Waals surface area contributed by atoms with Crippen LogP contribution in [0.3, 0.4) is 0 Å². The van der Waals surface area contributed by atoms with Crippen molar-refractivity contribution >= 4 is 33.0 Å². The number of nitrogens with zero attached hydrogens (tertiary/aromatic N) is 4. The van der Waals surface area contributed by atoms with E-state index in [0.717, 1.165) is 15.4 Å². The lowest BCUT2D eigenvalue weighted by atomic mass is 10.2. The third-order valence-electron chi connectivity index (χ3n) is 4.04. The highest BCUT2D eigenvalue weighted by Gasteiger charge is 2.31. The molecule has 1 atom stereocenters. The van der Waals surface area contributed by atoms with Crippen molar-refractivity contribution < 1.29 is 17.7 Å². The van der Waals surface area contributed by atoms with Crippen molar-refractivity contribution in [2.24, 2.45) is 0 Å². The number of hydrogen-bond donors (Lipinski definition) is 0. The molecule has 3 rings (SSSR count). The highest BCUT2D eigenvalue weighted by molar-refractivity contribution is 7.92. The van der Waals surface area contributed by atoms with Crippen LogP contribution in [0.1, 0.15) is 12.8 Å². The van der Waals surface area contributed by atoms with E-state index in [1.807, 2.05) is 17.5 Å². The fraction of sp³-hybridized carbons (Fsp3) is 0.278. The average molecular weight is 421 g/mol. The number of anilines is 1. The number of amides is 1. The average Bonchev–Trinajstić information content (AvgIpc) is 3.32. The van der Waals surface area contributed by atoms with Crippen molar-refractivity contribution in [3.8, 4) is 10.7 Å². The summed E-state index contributed by atoms with van der Waals surface area (Å²) in [7, 11) is -2.09. The summed E-state index contributed by atoms with van der Waals surface area (Å²) in [5.74, 6) is 0.350. The number of carbonyl (C=O) groups excluding carboxylic acids is 1. The van der Waals surface area contributed by atoms with Gasteiger partial charge in [-0.15, -0.1) is 11.3 Å². The van der Waals surface area contributed by atoms with Crippen LogP contribution in [0.5, 0.6) is 0 Å². The number of thiophene rings is 1. The van der Waals surface area contributed by atoms with Crippen LogP contribution in [0.4, 0.5) is 5.69 Å². The van der Waals surface area contributed by atoms with Gasteiger partial charge in [0.2, 0.25) is 27.6 Å². The maximum absolute atomic E-state index is 12.9. The van der Waals surface area contributed by atoms with Crippen LogP contribution in [-0.2, 0) is 21.4 Å². The molecule has 0 radical (unpaired) electrons. The number of para-hydroxylation sites is 1. The van der Waals surface area contributed by atoms with Crippen molar-refractivity contribution in [1.82, 2.24) is 15.0 Å². The number of aromatic nitrogens is 2. The van der Waals surface area contributed by atoms with E-state index >= 15 is 0 Å². The van der Waals surface area contributed by atoms with Crippen LogP contribution >= 0.6 is 11.3 Å². The van der Waals surface area contributed by atoms with Crippen molar-refractivity contribution in [3.05, 3.63) is 53.7 Å². The molecular formula is C18H20N4O4S2. The smallest absolute Gasteiger partial charge is 0.246 e. The van der Waals surface area contributed by atoms with Crippen LogP contribution in [0, 0.1) is 0 Å². The molecule has 148 valence electrons. The topological polar surface area (TPSA) is 96.6 Å². The minimum absolute atomic E-state index is 0.0773. The Labute approximate surface area is 167 Å². The van der Waals surface area contributed by atoms with E-state index in [0.29, 0.717) is 11.5 Å². The minimum Gasteiger partial charge on any atom is -0.337 e. The zero-order valence-electron chi connectivity index (χ0n) is 15.6. The van der Waals surface area contributed by atoms with Gasteiger partial charge in [-0.25, -0.2) is 8.42 Å². The Morgan fingerprint density at radius 3 is 2.54 bits per heavy atom. The highest BCUT2D eigenvalue weighted by Crippen LogP contribution is 2.23. The van der Waals surface area contributed by atoms with Gasteiger partial charge in [-0.3, -0.25) is 9.10 Å². The van der Waals surface area contributed by atoms with Gasteiger partial charge in [-0.1, -0.05) is 29.4 Å². The molecule has 0 bridgehead atoms. The summed E-state index contributed by atoms with van der Waals surface area (Å²) < 4.78 is 30.9. The number of carbonyl (C=O) groups is 1. The van der Waals surface area contributed by atoms with Crippen molar-refractivity contribution in [2.75, 3.05) is 17.6 Å². The molecule has 1 amide bonds. The van der Waals surface area contributed by atoms with Crippen molar-refractivity contribution in [2.45, 2.75) is 19.5 Å². The lowest BCUT2D eigenvalue weighted by Crippen LogP contribution is -2.48. The van der Waals surface area contributed by atoms with E-state index < -0.39 is 16.1 Å². The first kappa shape index (κ1) is 20.0. The van der Waals surface area contributed by atoms with Gasteiger partial charge in [0.1, 0.15) is 6.04 Å². The Morgan fingerprint density at radius 2 is 1.93 bits per heavy atom. The second kappa shape index (κ2) is 8.11. The third-order valence-corrected chi connectivity index (χ3v) is 6.14. The molecule has 0 N–H and O–H groups in total. The van der Waals surface area contributed by atoms with E-state index in [1.165, 1.54) is 16.2 Å². The molecule has 0 saturated carbocycles. The van der Waals surface area contributed by atoms with Crippen molar-refractivity contribution in [3.63, 3.8) is 0 Å². The molecule has 10 heteroatoms. The summed E-state index contributed by atoms with van der Waals surface area (Å²) in [5.41, 5.74) is 0.428. The Balaban J connectivity index is 1.76. The molecule has 0 saturated heterocycles. The third kappa shape index (κ3) is 4.39. The number of sulfonamides is 1. The summed E-state index contributed by atoms with van der Waals surface area (Å²) in [5, 5.41) is 5.83. The molecule has 0 fully saturated rings. The van der Waals surface area contributed by atoms with Gasteiger partial charge < -0.3 is 9.42 Å². The zero-order chi connectivity index (χ0) is 20.3. The summed E-state index contributed by atoms with van der Waals surface area (Å²) in [4.78, 5) is 19.4. The minimum atomic E-state index is -3.66. The maximum Gasteiger partial charge on any atom is 0.246 e. The Hall–Kier alpha value is -2.72. The number of rotatable bonds is 7. The first-order chi connectivity index (χ1) is 13.3. The fourth-order valence-electron chi connectivity index (χ4n) is 2.80. The van der Waals surface area contributed by atoms with Gasteiger partial charge in [0, 0.05) is 7.05 Å². The summed E-state index contributed by atoms with van der Waals surface area (Å²) in [6.07, 6.45) is 1.08. The first-order valence-electron chi connectivity index (χ1n) is 8.43. The quantitative estimate of drug-likeness (QED) is 0.583. The number of hydrogen-bond acceptors (Lipinski definition) is 7. The normalized spacial score (nSPS) is 12.5. The molecule has 0 aliphatic rings. The molecular weight excluding hydrogens is 400 g/mol. The van der Waals surface area contributed by atoms with Gasteiger partial charge in [0.25, 0.3) is 0 Å². The molecule has 0 aliphatic carbocycles. The molecule has 0 aliphatic heterocycles. The van der Waals surface area contributed by atoms with Gasteiger partial charge in [0.15, 0.2) is 0 Å². The predicted octanol–water partition coefficient (Wildman–Crippen LogP) is 2.61. The molecule has 8 nitrogen and oxygen atoms in total. The Kier molecular flexibility index (Phi) is 5.80. The van der Waals surface area contributed by atoms with Gasteiger partial charge in [-0.2, -0.15) is 4.98 Å². The SMILES string of the molecule is C[C@H](C(=O)N(C)Cc1nc(-c2cccs2)no1)N(c1ccccc1)S(C)(=O)=O. The Morgan fingerprint density at radius 1 is 1.21 bits per heavy atom. The number of likely N-dealkylation sites (N-methyl/N-ethyl adjacent to an activating group) is 1. The molecule has 2 aromatic heterocycles. The molecule has 2 heterocycles. The molecule has 1 aromatic carbocycles. The van der Waals surface area contributed by atoms with Crippen LogP contribution in [-0.4, -0.2) is 48.7 Å². The monoisotopic (exact) mass is 420 g/mol. The summed E-state index contributed by atoms with van der Waals surface area (Å²) in [6.45, 7) is 1.63. The van der Waals surface area contributed by atoms with Crippen LogP contribution in [0.2, 0.25) is 0 Å². The zero-order valence-corrected chi connectivity index (χ0v) is 17.3. The van der Waals surface area contributed by atoms with E-state index in [-0.39, 0.29) is 18.3 Å².